The molecule has 1 unspecified atom stereocenters. The Morgan fingerprint density at radius 2 is 2.15 bits per heavy atom. The standard InChI is InChI=1S/C11H17NO/c1-8-3-5-10(11(13)7-8)6-4-9(2)12/h3,5,7,9,13H,4,6,12H2,1-2H3. The summed E-state index contributed by atoms with van der Waals surface area (Å²) in [6.45, 7) is 3.94. The first-order valence-electron chi connectivity index (χ1n) is 4.63. The quantitative estimate of drug-likeness (QED) is 0.745. The smallest absolute Gasteiger partial charge is 0.119 e. The molecule has 0 aliphatic rings. The van der Waals surface area contributed by atoms with Crippen LogP contribution in [0.2, 0.25) is 0 Å². The van der Waals surface area contributed by atoms with Gasteiger partial charge in [-0.05, 0) is 43.9 Å². The highest BCUT2D eigenvalue weighted by Gasteiger charge is 2.02. The van der Waals surface area contributed by atoms with Gasteiger partial charge in [0.2, 0.25) is 0 Å². The highest BCUT2D eigenvalue weighted by Crippen LogP contribution is 2.19. The van der Waals surface area contributed by atoms with Gasteiger partial charge in [0.1, 0.15) is 5.75 Å². The average molecular weight is 179 g/mol. The second-order valence-electron chi connectivity index (χ2n) is 3.65. The Bertz CT molecular complexity index is 281. The molecule has 2 nitrogen and oxygen atoms in total. The number of aromatic hydroxyl groups is 1. The first-order chi connectivity index (χ1) is 6.09. The minimum atomic E-state index is 0.195. The number of rotatable bonds is 3. The molecule has 2 heteroatoms. The largest absolute Gasteiger partial charge is 0.508 e. The van der Waals surface area contributed by atoms with Crippen LogP contribution in [0, 0.1) is 6.92 Å². The van der Waals surface area contributed by atoms with Crippen molar-refractivity contribution in [3.63, 3.8) is 0 Å². The lowest BCUT2D eigenvalue weighted by molar-refractivity contribution is 0.465. The van der Waals surface area contributed by atoms with E-state index in [0.29, 0.717) is 5.75 Å². The fraction of sp³-hybridized carbons (Fsp3) is 0.455. The predicted octanol–water partition coefficient (Wildman–Crippen LogP) is 1.98. The summed E-state index contributed by atoms with van der Waals surface area (Å²) in [4.78, 5) is 0. The Morgan fingerprint density at radius 1 is 1.46 bits per heavy atom. The van der Waals surface area contributed by atoms with Gasteiger partial charge in [-0.2, -0.15) is 0 Å². The monoisotopic (exact) mass is 179 g/mol. The molecule has 1 atom stereocenters. The maximum Gasteiger partial charge on any atom is 0.119 e. The lowest BCUT2D eigenvalue weighted by Gasteiger charge is -2.07. The summed E-state index contributed by atoms with van der Waals surface area (Å²) in [5.74, 6) is 0.389. The summed E-state index contributed by atoms with van der Waals surface area (Å²) in [6, 6.07) is 5.96. The molecule has 0 fully saturated rings. The van der Waals surface area contributed by atoms with Gasteiger partial charge in [0.05, 0.1) is 0 Å². The number of nitrogens with two attached hydrogens (primary N) is 1. The molecule has 1 aromatic carbocycles. The van der Waals surface area contributed by atoms with E-state index in [1.165, 1.54) is 0 Å². The minimum absolute atomic E-state index is 0.195. The Balaban J connectivity index is 2.67. The van der Waals surface area contributed by atoms with Crippen LogP contribution in [0.3, 0.4) is 0 Å². The van der Waals surface area contributed by atoms with Gasteiger partial charge in [-0.1, -0.05) is 12.1 Å². The van der Waals surface area contributed by atoms with Crippen molar-refractivity contribution in [1.82, 2.24) is 0 Å². The summed E-state index contributed by atoms with van der Waals surface area (Å²) in [6.07, 6.45) is 1.76. The molecule has 0 aliphatic heterocycles. The Morgan fingerprint density at radius 3 is 2.69 bits per heavy atom. The van der Waals surface area contributed by atoms with Crippen LogP contribution in [0.4, 0.5) is 0 Å². The number of hydrogen-bond donors (Lipinski definition) is 2. The highest BCUT2D eigenvalue weighted by molar-refractivity contribution is 5.35. The van der Waals surface area contributed by atoms with Gasteiger partial charge in [-0.3, -0.25) is 0 Å². The fourth-order valence-electron chi connectivity index (χ4n) is 1.27. The zero-order valence-electron chi connectivity index (χ0n) is 8.25. The molecular formula is C11H17NO. The normalized spacial score (nSPS) is 12.8. The molecule has 13 heavy (non-hydrogen) atoms. The van der Waals surface area contributed by atoms with Gasteiger partial charge >= 0.3 is 0 Å². The van der Waals surface area contributed by atoms with Crippen molar-refractivity contribution in [2.45, 2.75) is 32.7 Å². The topological polar surface area (TPSA) is 46.2 Å². The third kappa shape index (κ3) is 3.07. The van der Waals surface area contributed by atoms with Gasteiger partial charge < -0.3 is 10.8 Å². The van der Waals surface area contributed by atoms with E-state index in [4.69, 9.17) is 5.73 Å². The second kappa shape index (κ2) is 4.28. The number of phenols is 1. The molecule has 1 rings (SSSR count). The molecule has 0 amide bonds. The molecule has 0 saturated heterocycles. The van der Waals surface area contributed by atoms with Gasteiger partial charge in [0, 0.05) is 6.04 Å². The SMILES string of the molecule is Cc1ccc(CCC(C)N)c(O)c1. The zero-order chi connectivity index (χ0) is 9.84. The molecule has 3 N–H and O–H groups in total. The van der Waals surface area contributed by atoms with E-state index in [2.05, 4.69) is 0 Å². The molecule has 0 spiro atoms. The number of phenolic OH excluding ortho intramolecular Hbond substituents is 1. The van der Waals surface area contributed by atoms with E-state index in [1.54, 1.807) is 6.07 Å². The van der Waals surface area contributed by atoms with Crippen LogP contribution in [-0.4, -0.2) is 11.1 Å². The summed E-state index contributed by atoms with van der Waals surface area (Å²) in [5.41, 5.74) is 7.71. The summed E-state index contributed by atoms with van der Waals surface area (Å²) in [5, 5.41) is 9.56. The predicted molar refractivity (Wildman–Crippen MR) is 54.8 cm³/mol. The number of benzene rings is 1. The zero-order valence-corrected chi connectivity index (χ0v) is 8.25. The van der Waals surface area contributed by atoms with E-state index >= 15 is 0 Å². The van der Waals surface area contributed by atoms with Gasteiger partial charge in [-0.25, -0.2) is 0 Å². The maximum absolute atomic E-state index is 9.56. The van der Waals surface area contributed by atoms with Crippen LogP contribution in [0.25, 0.3) is 0 Å². The van der Waals surface area contributed by atoms with Crippen molar-refractivity contribution in [2.24, 2.45) is 5.73 Å². The molecule has 0 heterocycles. The number of hydrogen-bond acceptors (Lipinski definition) is 2. The van der Waals surface area contributed by atoms with E-state index in [0.717, 1.165) is 24.0 Å². The Labute approximate surface area is 79.4 Å². The van der Waals surface area contributed by atoms with E-state index < -0.39 is 0 Å². The maximum atomic E-state index is 9.56. The molecule has 0 saturated carbocycles. The van der Waals surface area contributed by atoms with Crippen molar-refractivity contribution in [2.75, 3.05) is 0 Å². The minimum Gasteiger partial charge on any atom is -0.508 e. The third-order valence-electron chi connectivity index (χ3n) is 2.11. The molecule has 0 aromatic heterocycles. The van der Waals surface area contributed by atoms with E-state index in [9.17, 15) is 5.11 Å². The van der Waals surface area contributed by atoms with Crippen molar-refractivity contribution in [3.05, 3.63) is 29.3 Å². The van der Waals surface area contributed by atoms with Crippen molar-refractivity contribution in [3.8, 4) is 5.75 Å². The van der Waals surface area contributed by atoms with Crippen LogP contribution < -0.4 is 5.73 Å². The summed E-state index contributed by atoms with van der Waals surface area (Å²) in [7, 11) is 0. The molecular weight excluding hydrogens is 162 g/mol. The van der Waals surface area contributed by atoms with Gasteiger partial charge in [0.25, 0.3) is 0 Å². The molecule has 0 radical (unpaired) electrons. The van der Waals surface area contributed by atoms with Crippen molar-refractivity contribution in [1.29, 1.82) is 0 Å². The van der Waals surface area contributed by atoms with Crippen LogP contribution in [0.5, 0.6) is 5.75 Å². The lowest BCUT2D eigenvalue weighted by Crippen LogP contribution is -2.15. The third-order valence-corrected chi connectivity index (χ3v) is 2.11. The second-order valence-corrected chi connectivity index (χ2v) is 3.65. The fourth-order valence-corrected chi connectivity index (χ4v) is 1.27. The van der Waals surface area contributed by atoms with Crippen LogP contribution in [0.15, 0.2) is 18.2 Å². The average Bonchev–Trinajstić information content (AvgIpc) is 2.02. The van der Waals surface area contributed by atoms with Crippen LogP contribution in [0.1, 0.15) is 24.5 Å². The van der Waals surface area contributed by atoms with Gasteiger partial charge in [-0.15, -0.1) is 0 Å². The van der Waals surface area contributed by atoms with Gasteiger partial charge in [0.15, 0.2) is 0 Å². The van der Waals surface area contributed by atoms with E-state index in [1.807, 2.05) is 26.0 Å². The van der Waals surface area contributed by atoms with Crippen molar-refractivity contribution < 1.29 is 5.11 Å². The molecule has 1 aromatic rings. The lowest BCUT2D eigenvalue weighted by atomic mass is 10.0. The first-order valence-corrected chi connectivity index (χ1v) is 4.63. The molecule has 0 aliphatic carbocycles. The van der Waals surface area contributed by atoms with Crippen molar-refractivity contribution >= 4 is 0 Å². The van der Waals surface area contributed by atoms with Crippen LogP contribution in [-0.2, 0) is 6.42 Å². The number of aryl methyl sites for hydroxylation is 2. The first kappa shape index (κ1) is 10.1. The Hall–Kier alpha value is -1.02. The molecule has 72 valence electrons. The summed E-state index contributed by atoms with van der Waals surface area (Å²) >= 11 is 0. The van der Waals surface area contributed by atoms with E-state index in [-0.39, 0.29) is 6.04 Å². The molecule has 0 bridgehead atoms. The highest BCUT2D eigenvalue weighted by atomic mass is 16.3. The Kier molecular flexibility index (Phi) is 3.32. The summed E-state index contributed by atoms with van der Waals surface area (Å²) < 4.78 is 0. The van der Waals surface area contributed by atoms with Crippen LogP contribution >= 0.6 is 0 Å².